The molecule has 32 heavy (non-hydrogen) atoms. The Balaban J connectivity index is 1.66. The lowest BCUT2D eigenvalue weighted by molar-refractivity contribution is -0.117. The molecule has 4 nitrogen and oxygen atoms in total. The number of furan rings is 1. The third-order valence-electron chi connectivity index (χ3n) is 6.31. The van der Waals surface area contributed by atoms with Crippen LogP contribution in [0.3, 0.4) is 0 Å². The molecule has 0 bridgehead atoms. The van der Waals surface area contributed by atoms with E-state index in [2.05, 4.69) is 42.6 Å². The van der Waals surface area contributed by atoms with E-state index in [1.807, 2.05) is 19.9 Å². The second-order valence-corrected chi connectivity index (χ2v) is 8.82. The average molecular weight is 432 g/mol. The standard InChI is InChI=1S/C28H33NO3/c1-4-31-26-17-27-24(25(18-32-27)21-13-11-19(2)12-14-21)16-23(26)20(3)15-28(30)29-22-9-7-5-6-8-10-22/h11-18,22H,4-10H2,1-3H3,(H,29,30)/b20-15+. The van der Waals surface area contributed by atoms with E-state index in [9.17, 15) is 4.79 Å². The second-order valence-electron chi connectivity index (χ2n) is 8.82. The Morgan fingerprint density at radius 3 is 2.53 bits per heavy atom. The second kappa shape index (κ2) is 10.1. The van der Waals surface area contributed by atoms with Crippen molar-refractivity contribution in [2.75, 3.05) is 6.61 Å². The Hall–Kier alpha value is -3.01. The highest BCUT2D eigenvalue weighted by Gasteiger charge is 2.17. The van der Waals surface area contributed by atoms with Crippen LogP contribution in [0.1, 0.15) is 63.5 Å². The molecule has 4 rings (SSSR count). The SMILES string of the molecule is CCOc1cc2occ(-c3ccc(C)cc3)c2cc1/C(C)=C/C(=O)NC1CCCCCC1. The predicted molar refractivity (Wildman–Crippen MR) is 131 cm³/mol. The van der Waals surface area contributed by atoms with Gasteiger partial charge in [-0.2, -0.15) is 0 Å². The van der Waals surface area contributed by atoms with Crippen molar-refractivity contribution < 1.29 is 13.9 Å². The number of fused-ring (bicyclic) bond motifs is 1. The fourth-order valence-corrected chi connectivity index (χ4v) is 4.54. The van der Waals surface area contributed by atoms with Gasteiger partial charge in [0, 0.05) is 34.7 Å². The number of benzene rings is 2. The summed E-state index contributed by atoms with van der Waals surface area (Å²) in [6.45, 7) is 6.57. The van der Waals surface area contributed by atoms with Gasteiger partial charge in [0.25, 0.3) is 0 Å². The summed E-state index contributed by atoms with van der Waals surface area (Å²) in [6.07, 6.45) is 10.6. The van der Waals surface area contributed by atoms with Crippen molar-refractivity contribution in [3.63, 3.8) is 0 Å². The summed E-state index contributed by atoms with van der Waals surface area (Å²) in [5.74, 6) is 0.712. The van der Waals surface area contributed by atoms with Crippen LogP contribution in [0.25, 0.3) is 27.7 Å². The van der Waals surface area contributed by atoms with Crippen molar-refractivity contribution in [3.8, 4) is 16.9 Å². The molecule has 1 amide bonds. The minimum absolute atomic E-state index is 0.0251. The summed E-state index contributed by atoms with van der Waals surface area (Å²) < 4.78 is 11.8. The van der Waals surface area contributed by atoms with Gasteiger partial charge < -0.3 is 14.5 Å². The topological polar surface area (TPSA) is 51.5 Å². The first-order chi connectivity index (χ1) is 15.5. The Kier molecular flexibility index (Phi) is 6.99. The Morgan fingerprint density at radius 2 is 1.84 bits per heavy atom. The lowest BCUT2D eigenvalue weighted by Crippen LogP contribution is -2.33. The Labute approximate surface area is 190 Å². The molecule has 1 aliphatic rings. The van der Waals surface area contributed by atoms with E-state index in [-0.39, 0.29) is 11.9 Å². The third kappa shape index (κ3) is 5.07. The summed E-state index contributed by atoms with van der Waals surface area (Å²) >= 11 is 0. The molecule has 0 aliphatic heterocycles. The van der Waals surface area contributed by atoms with Gasteiger partial charge in [0.1, 0.15) is 11.3 Å². The summed E-state index contributed by atoms with van der Waals surface area (Å²) in [5, 5.41) is 4.23. The van der Waals surface area contributed by atoms with Gasteiger partial charge >= 0.3 is 0 Å². The minimum Gasteiger partial charge on any atom is -0.493 e. The van der Waals surface area contributed by atoms with Crippen LogP contribution < -0.4 is 10.1 Å². The Morgan fingerprint density at radius 1 is 1.12 bits per heavy atom. The first-order valence-corrected chi connectivity index (χ1v) is 11.8. The monoisotopic (exact) mass is 431 g/mol. The zero-order chi connectivity index (χ0) is 22.5. The first kappa shape index (κ1) is 22.2. The highest BCUT2D eigenvalue weighted by Crippen LogP contribution is 2.37. The Bertz CT molecular complexity index is 1100. The van der Waals surface area contributed by atoms with Crippen molar-refractivity contribution in [1.82, 2.24) is 5.32 Å². The number of hydrogen-bond donors (Lipinski definition) is 1. The number of hydrogen-bond acceptors (Lipinski definition) is 3. The molecule has 2 aromatic carbocycles. The molecule has 1 aromatic heterocycles. The maximum absolute atomic E-state index is 12.8. The van der Waals surface area contributed by atoms with Crippen LogP contribution in [0.15, 0.2) is 53.2 Å². The van der Waals surface area contributed by atoms with Gasteiger partial charge in [0.15, 0.2) is 0 Å². The molecular weight excluding hydrogens is 398 g/mol. The van der Waals surface area contributed by atoms with Gasteiger partial charge in [-0.25, -0.2) is 0 Å². The molecule has 1 heterocycles. The van der Waals surface area contributed by atoms with E-state index in [1.54, 1.807) is 12.3 Å². The molecule has 1 aliphatic carbocycles. The van der Waals surface area contributed by atoms with Crippen LogP contribution in [0.5, 0.6) is 5.75 Å². The summed E-state index contributed by atoms with van der Waals surface area (Å²) in [5.41, 5.74) is 5.96. The molecule has 3 aromatic rings. The average Bonchev–Trinajstić information content (AvgIpc) is 3.01. The van der Waals surface area contributed by atoms with E-state index >= 15 is 0 Å². The number of carbonyl (C=O) groups excluding carboxylic acids is 1. The van der Waals surface area contributed by atoms with E-state index in [0.717, 1.165) is 51.8 Å². The van der Waals surface area contributed by atoms with Crippen molar-refractivity contribution in [1.29, 1.82) is 0 Å². The van der Waals surface area contributed by atoms with Gasteiger partial charge in [0.05, 0.1) is 12.9 Å². The summed E-state index contributed by atoms with van der Waals surface area (Å²) in [7, 11) is 0. The van der Waals surface area contributed by atoms with Crippen LogP contribution in [0.4, 0.5) is 0 Å². The lowest BCUT2D eigenvalue weighted by Gasteiger charge is -2.16. The number of rotatable bonds is 6. The van der Waals surface area contributed by atoms with Crippen LogP contribution in [0.2, 0.25) is 0 Å². The number of allylic oxidation sites excluding steroid dienone is 1. The van der Waals surface area contributed by atoms with E-state index in [0.29, 0.717) is 6.61 Å². The van der Waals surface area contributed by atoms with E-state index in [4.69, 9.17) is 9.15 Å². The molecular formula is C28H33NO3. The summed E-state index contributed by atoms with van der Waals surface area (Å²) in [4.78, 5) is 12.8. The summed E-state index contributed by atoms with van der Waals surface area (Å²) in [6, 6.07) is 12.7. The molecule has 0 unspecified atom stereocenters. The molecule has 0 saturated heterocycles. The van der Waals surface area contributed by atoms with Gasteiger partial charge in [-0.15, -0.1) is 0 Å². The number of ether oxygens (including phenoxy) is 1. The van der Waals surface area contributed by atoms with Crippen LogP contribution in [-0.4, -0.2) is 18.6 Å². The fourth-order valence-electron chi connectivity index (χ4n) is 4.54. The molecule has 168 valence electrons. The largest absolute Gasteiger partial charge is 0.493 e. The van der Waals surface area contributed by atoms with E-state index in [1.165, 1.54) is 31.2 Å². The molecule has 1 saturated carbocycles. The van der Waals surface area contributed by atoms with Crippen molar-refractivity contribution in [2.45, 2.75) is 65.3 Å². The van der Waals surface area contributed by atoms with Crippen LogP contribution in [0, 0.1) is 6.92 Å². The van der Waals surface area contributed by atoms with Crippen LogP contribution >= 0.6 is 0 Å². The quantitative estimate of drug-likeness (QED) is 0.336. The minimum atomic E-state index is -0.0251. The molecule has 0 spiro atoms. The first-order valence-electron chi connectivity index (χ1n) is 11.8. The number of nitrogens with one attached hydrogen (secondary N) is 1. The predicted octanol–water partition coefficient (Wildman–Crippen LogP) is 7.05. The maximum Gasteiger partial charge on any atom is 0.244 e. The highest BCUT2D eigenvalue weighted by atomic mass is 16.5. The number of amides is 1. The smallest absolute Gasteiger partial charge is 0.244 e. The number of carbonyl (C=O) groups is 1. The van der Waals surface area contributed by atoms with Gasteiger partial charge in [-0.3, -0.25) is 4.79 Å². The van der Waals surface area contributed by atoms with Gasteiger partial charge in [0.2, 0.25) is 5.91 Å². The third-order valence-corrected chi connectivity index (χ3v) is 6.31. The maximum atomic E-state index is 12.8. The highest BCUT2D eigenvalue weighted by molar-refractivity contribution is 6.00. The molecule has 4 heteroatoms. The van der Waals surface area contributed by atoms with Gasteiger partial charge in [-0.05, 0) is 50.8 Å². The molecule has 1 N–H and O–H groups in total. The van der Waals surface area contributed by atoms with Crippen LogP contribution in [-0.2, 0) is 4.79 Å². The van der Waals surface area contributed by atoms with Crippen molar-refractivity contribution >= 4 is 22.4 Å². The number of aryl methyl sites for hydroxylation is 1. The zero-order valence-electron chi connectivity index (χ0n) is 19.4. The van der Waals surface area contributed by atoms with Crippen molar-refractivity contribution in [3.05, 3.63) is 59.9 Å². The van der Waals surface area contributed by atoms with Crippen molar-refractivity contribution in [2.24, 2.45) is 0 Å². The normalized spacial score (nSPS) is 15.5. The van der Waals surface area contributed by atoms with Gasteiger partial charge in [-0.1, -0.05) is 55.5 Å². The molecule has 1 fully saturated rings. The fraction of sp³-hybridized carbons (Fsp3) is 0.393. The van der Waals surface area contributed by atoms with E-state index < -0.39 is 0 Å². The molecule has 0 radical (unpaired) electrons. The zero-order valence-corrected chi connectivity index (χ0v) is 19.4. The molecule has 0 atom stereocenters. The lowest BCUT2D eigenvalue weighted by atomic mass is 9.98.